The smallest absolute Gasteiger partial charge is 0.225 e. The normalized spacial score (nSPS) is 17.1. The van der Waals surface area contributed by atoms with Gasteiger partial charge >= 0.3 is 0 Å². The van der Waals surface area contributed by atoms with Gasteiger partial charge < -0.3 is 10.2 Å². The van der Waals surface area contributed by atoms with Crippen LogP contribution in [0.5, 0.6) is 0 Å². The Labute approximate surface area is 216 Å². The minimum Gasteiger partial charge on any atom is -0.356 e. The molecule has 2 aliphatic rings. The Morgan fingerprint density at radius 3 is 2.50 bits per heavy atom. The standard InChI is InChI=1S/C29H43N7/c1(2-6-14-24-15-7-4-8-16-24)3-13-21-36-23-25(33-34-36)22-30-29-31-27-18-10-9-17-26(27)28(32-29)35-19-11-5-12-20-35/h9-10,17-18,23-24H,1-8,11-16,19-22H2,(H,30,31,32). The lowest BCUT2D eigenvalue weighted by molar-refractivity contribution is 0.327. The van der Waals surface area contributed by atoms with E-state index in [1.54, 1.807) is 0 Å². The summed E-state index contributed by atoms with van der Waals surface area (Å²) in [6.07, 6.45) is 21.2. The van der Waals surface area contributed by atoms with Crippen LogP contribution in [0, 0.1) is 5.92 Å². The highest BCUT2D eigenvalue weighted by atomic mass is 15.4. The molecule has 5 rings (SSSR count). The van der Waals surface area contributed by atoms with Gasteiger partial charge in [0.2, 0.25) is 5.95 Å². The van der Waals surface area contributed by atoms with E-state index < -0.39 is 0 Å². The molecule has 2 aromatic heterocycles. The van der Waals surface area contributed by atoms with Crippen LogP contribution in [-0.4, -0.2) is 38.1 Å². The third kappa shape index (κ3) is 6.95. The first-order valence-corrected chi connectivity index (χ1v) is 14.5. The summed E-state index contributed by atoms with van der Waals surface area (Å²) in [5, 5.41) is 13.2. The number of hydrogen-bond donors (Lipinski definition) is 1. The molecule has 0 spiro atoms. The maximum absolute atomic E-state index is 4.91. The van der Waals surface area contributed by atoms with Gasteiger partial charge in [-0.3, -0.25) is 4.68 Å². The van der Waals surface area contributed by atoms with E-state index in [0.29, 0.717) is 12.5 Å². The number of benzene rings is 1. The van der Waals surface area contributed by atoms with Crippen molar-refractivity contribution in [1.82, 2.24) is 25.0 Å². The average molecular weight is 490 g/mol. The second-order valence-electron chi connectivity index (χ2n) is 10.8. The SMILES string of the molecule is c1ccc2c(N3CCCCC3)nc(NCc3cn(CCCCCCCC4CCCCC4)nn3)nc2c1. The zero-order chi connectivity index (χ0) is 24.4. The maximum atomic E-state index is 4.91. The van der Waals surface area contributed by atoms with Crippen molar-refractivity contribution in [2.75, 3.05) is 23.3 Å². The second kappa shape index (κ2) is 13.0. The van der Waals surface area contributed by atoms with Gasteiger partial charge in [0, 0.05) is 25.0 Å². The lowest BCUT2D eigenvalue weighted by Gasteiger charge is -2.28. The number of anilines is 2. The molecule has 7 heteroatoms. The molecule has 1 aliphatic carbocycles. The number of hydrogen-bond acceptors (Lipinski definition) is 6. The molecule has 1 N–H and O–H groups in total. The molecule has 194 valence electrons. The van der Waals surface area contributed by atoms with E-state index in [9.17, 15) is 0 Å². The van der Waals surface area contributed by atoms with Crippen LogP contribution in [0.4, 0.5) is 11.8 Å². The van der Waals surface area contributed by atoms with Gasteiger partial charge in [-0.2, -0.15) is 4.98 Å². The molecule has 1 aliphatic heterocycles. The summed E-state index contributed by atoms with van der Waals surface area (Å²) in [6, 6.07) is 8.32. The van der Waals surface area contributed by atoms with Crippen LogP contribution in [0.15, 0.2) is 30.5 Å². The van der Waals surface area contributed by atoms with Crippen molar-refractivity contribution in [1.29, 1.82) is 0 Å². The van der Waals surface area contributed by atoms with Crippen molar-refractivity contribution in [2.24, 2.45) is 5.92 Å². The van der Waals surface area contributed by atoms with E-state index in [4.69, 9.17) is 9.97 Å². The molecule has 0 amide bonds. The van der Waals surface area contributed by atoms with Crippen LogP contribution >= 0.6 is 0 Å². The molecule has 0 unspecified atom stereocenters. The van der Waals surface area contributed by atoms with E-state index in [-0.39, 0.29) is 0 Å². The van der Waals surface area contributed by atoms with E-state index in [0.717, 1.165) is 48.0 Å². The van der Waals surface area contributed by atoms with Crippen molar-refractivity contribution in [3.63, 3.8) is 0 Å². The van der Waals surface area contributed by atoms with E-state index in [2.05, 4.69) is 44.9 Å². The molecule has 2 fully saturated rings. The first kappa shape index (κ1) is 25.0. The van der Waals surface area contributed by atoms with Gasteiger partial charge in [0.15, 0.2) is 0 Å². The highest BCUT2D eigenvalue weighted by Crippen LogP contribution is 2.29. The monoisotopic (exact) mass is 489 g/mol. The van der Waals surface area contributed by atoms with E-state index >= 15 is 0 Å². The van der Waals surface area contributed by atoms with Crippen molar-refractivity contribution < 1.29 is 0 Å². The Balaban J connectivity index is 1.06. The highest BCUT2D eigenvalue weighted by Gasteiger charge is 2.17. The first-order chi connectivity index (χ1) is 17.8. The molecule has 36 heavy (non-hydrogen) atoms. The third-order valence-electron chi connectivity index (χ3n) is 7.98. The molecule has 0 atom stereocenters. The number of nitrogens with one attached hydrogen (secondary N) is 1. The Hall–Kier alpha value is -2.70. The molecule has 1 aromatic carbocycles. The quantitative estimate of drug-likeness (QED) is 0.284. The minimum absolute atomic E-state index is 0.582. The molecule has 1 saturated carbocycles. The molecular formula is C29H43N7. The number of aromatic nitrogens is 5. The number of fused-ring (bicyclic) bond motifs is 1. The van der Waals surface area contributed by atoms with Crippen molar-refractivity contribution >= 4 is 22.7 Å². The third-order valence-corrected chi connectivity index (χ3v) is 7.98. The summed E-state index contributed by atoms with van der Waals surface area (Å²) in [4.78, 5) is 12.1. The summed E-state index contributed by atoms with van der Waals surface area (Å²) in [5.41, 5.74) is 1.91. The second-order valence-corrected chi connectivity index (χ2v) is 10.8. The lowest BCUT2D eigenvalue weighted by Crippen LogP contribution is -2.30. The van der Waals surface area contributed by atoms with E-state index in [1.807, 2.05) is 10.7 Å². The molecule has 3 heterocycles. The number of unbranched alkanes of at least 4 members (excludes halogenated alkanes) is 4. The molecular weight excluding hydrogens is 446 g/mol. The Kier molecular flexibility index (Phi) is 9.03. The fraction of sp³-hybridized carbons (Fsp3) is 0.655. The van der Waals surface area contributed by atoms with Crippen molar-refractivity contribution in [3.05, 3.63) is 36.2 Å². The minimum atomic E-state index is 0.582. The van der Waals surface area contributed by atoms with Crippen LogP contribution in [0.2, 0.25) is 0 Å². The average Bonchev–Trinajstić information content (AvgIpc) is 3.39. The summed E-state index contributed by atoms with van der Waals surface area (Å²) in [6.45, 7) is 3.66. The number of para-hydroxylation sites is 1. The predicted octanol–water partition coefficient (Wildman–Crippen LogP) is 6.74. The Morgan fingerprint density at radius 2 is 1.61 bits per heavy atom. The molecule has 0 bridgehead atoms. The zero-order valence-electron chi connectivity index (χ0n) is 21.9. The summed E-state index contributed by atoms with van der Waals surface area (Å²) in [5.74, 6) is 2.74. The largest absolute Gasteiger partial charge is 0.356 e. The summed E-state index contributed by atoms with van der Waals surface area (Å²) in [7, 11) is 0. The van der Waals surface area contributed by atoms with Crippen LogP contribution in [0.25, 0.3) is 10.9 Å². The molecule has 3 aromatic rings. The van der Waals surface area contributed by atoms with Crippen LogP contribution < -0.4 is 10.2 Å². The van der Waals surface area contributed by atoms with Gasteiger partial charge in [0.05, 0.1) is 18.3 Å². The molecule has 1 saturated heterocycles. The number of nitrogens with zero attached hydrogens (tertiary/aromatic N) is 6. The predicted molar refractivity (Wildman–Crippen MR) is 147 cm³/mol. The molecule has 0 radical (unpaired) electrons. The fourth-order valence-electron chi connectivity index (χ4n) is 5.90. The molecule has 7 nitrogen and oxygen atoms in total. The van der Waals surface area contributed by atoms with Gasteiger partial charge in [0.25, 0.3) is 0 Å². The first-order valence-electron chi connectivity index (χ1n) is 14.5. The number of aryl methyl sites for hydroxylation is 1. The van der Waals surface area contributed by atoms with Gasteiger partial charge in [-0.05, 0) is 43.7 Å². The summed E-state index contributed by atoms with van der Waals surface area (Å²) >= 11 is 0. The Morgan fingerprint density at radius 1 is 0.833 bits per heavy atom. The highest BCUT2D eigenvalue weighted by molar-refractivity contribution is 5.90. The van der Waals surface area contributed by atoms with Crippen LogP contribution in [-0.2, 0) is 13.1 Å². The number of rotatable bonds is 12. The number of piperidine rings is 1. The van der Waals surface area contributed by atoms with Gasteiger partial charge in [-0.1, -0.05) is 81.6 Å². The Bertz CT molecular complexity index is 1070. The van der Waals surface area contributed by atoms with Crippen molar-refractivity contribution in [2.45, 2.75) is 103 Å². The zero-order valence-corrected chi connectivity index (χ0v) is 21.9. The summed E-state index contributed by atoms with van der Waals surface area (Å²) < 4.78 is 1.99. The maximum Gasteiger partial charge on any atom is 0.225 e. The van der Waals surface area contributed by atoms with Gasteiger partial charge in [-0.15, -0.1) is 5.10 Å². The van der Waals surface area contributed by atoms with Gasteiger partial charge in [-0.25, -0.2) is 4.98 Å². The topological polar surface area (TPSA) is 71.8 Å². The van der Waals surface area contributed by atoms with Crippen LogP contribution in [0.3, 0.4) is 0 Å². The lowest BCUT2D eigenvalue weighted by atomic mass is 9.85. The van der Waals surface area contributed by atoms with Gasteiger partial charge in [0.1, 0.15) is 11.5 Å². The fourth-order valence-corrected chi connectivity index (χ4v) is 5.90. The van der Waals surface area contributed by atoms with E-state index in [1.165, 1.54) is 89.9 Å². The van der Waals surface area contributed by atoms with Crippen LogP contribution in [0.1, 0.15) is 95.6 Å². The van der Waals surface area contributed by atoms with Crippen molar-refractivity contribution in [3.8, 4) is 0 Å².